The number of nitrogens with zero attached hydrogens (tertiary/aromatic N) is 4. The summed E-state index contributed by atoms with van der Waals surface area (Å²) in [7, 11) is 1.82. The van der Waals surface area contributed by atoms with Crippen molar-refractivity contribution >= 4 is 35.3 Å². The van der Waals surface area contributed by atoms with Crippen LogP contribution in [0.4, 0.5) is 5.95 Å². The third kappa shape index (κ3) is 4.69. The molecular formula is C19H26ClN7O. The molecule has 0 atom stereocenters. The summed E-state index contributed by atoms with van der Waals surface area (Å²) in [6.45, 7) is 1.98. The lowest BCUT2D eigenvalue weighted by Crippen LogP contribution is -2.27. The Labute approximate surface area is 169 Å². The number of para-hydroxylation sites is 2. The average Bonchev–Trinajstić information content (AvgIpc) is 3.26. The van der Waals surface area contributed by atoms with Crippen LogP contribution >= 0.6 is 12.4 Å². The zero-order valence-corrected chi connectivity index (χ0v) is 16.8. The summed E-state index contributed by atoms with van der Waals surface area (Å²) in [6, 6.07) is 7.94. The van der Waals surface area contributed by atoms with Gasteiger partial charge in [0.05, 0.1) is 11.0 Å². The smallest absolute Gasteiger partial charge is 0.227 e. The number of rotatable bonds is 6. The summed E-state index contributed by atoms with van der Waals surface area (Å²) in [5.74, 6) is 2.60. The van der Waals surface area contributed by atoms with E-state index in [2.05, 4.69) is 30.7 Å². The van der Waals surface area contributed by atoms with Crippen LogP contribution in [0, 0.1) is 0 Å². The van der Waals surface area contributed by atoms with Gasteiger partial charge in [-0.1, -0.05) is 12.1 Å². The molecule has 150 valence electrons. The zero-order valence-electron chi connectivity index (χ0n) is 15.9. The van der Waals surface area contributed by atoms with Gasteiger partial charge in [-0.05, 0) is 44.5 Å². The second kappa shape index (κ2) is 9.16. The first-order chi connectivity index (χ1) is 13.2. The summed E-state index contributed by atoms with van der Waals surface area (Å²) in [5, 5.41) is 10.7. The lowest BCUT2D eigenvalue weighted by Gasteiger charge is -2.19. The molecule has 0 bridgehead atoms. The quantitative estimate of drug-likeness (QED) is 0.587. The first-order valence-electron chi connectivity index (χ1n) is 9.54. The van der Waals surface area contributed by atoms with Crippen molar-refractivity contribution in [3.05, 3.63) is 35.9 Å². The molecule has 2 aromatic heterocycles. The molecule has 1 aliphatic rings. The fraction of sp³-hybridized carbons (Fsp3) is 0.474. The molecule has 28 heavy (non-hydrogen) atoms. The molecular weight excluding hydrogens is 378 g/mol. The van der Waals surface area contributed by atoms with Gasteiger partial charge in [-0.15, -0.1) is 12.4 Å². The van der Waals surface area contributed by atoms with E-state index < -0.39 is 0 Å². The molecule has 4 rings (SSSR count). The highest BCUT2D eigenvalue weighted by atomic mass is 35.5. The highest BCUT2D eigenvalue weighted by Gasteiger charge is 2.21. The maximum absolute atomic E-state index is 12.3. The van der Waals surface area contributed by atoms with Crippen LogP contribution in [0.1, 0.15) is 43.3 Å². The molecule has 1 saturated heterocycles. The van der Waals surface area contributed by atoms with E-state index >= 15 is 0 Å². The highest BCUT2D eigenvalue weighted by molar-refractivity contribution is 5.89. The molecule has 0 radical (unpaired) electrons. The highest BCUT2D eigenvalue weighted by Crippen LogP contribution is 2.23. The lowest BCUT2D eigenvalue weighted by atomic mass is 9.98. The van der Waals surface area contributed by atoms with Crippen LogP contribution in [0.15, 0.2) is 24.3 Å². The summed E-state index contributed by atoms with van der Waals surface area (Å²) < 4.78 is 1.66. The number of aromatic nitrogens is 5. The molecule has 3 aromatic rings. The number of fused-ring (bicyclic) bond motifs is 1. The Morgan fingerprint density at radius 1 is 1.25 bits per heavy atom. The molecule has 1 fully saturated rings. The Kier molecular flexibility index (Phi) is 6.64. The normalized spacial score (nSPS) is 14.8. The number of halogens is 1. The number of imidazole rings is 1. The first kappa shape index (κ1) is 20.3. The number of anilines is 1. The first-order valence-corrected chi connectivity index (χ1v) is 9.54. The van der Waals surface area contributed by atoms with Crippen LogP contribution in [-0.2, 0) is 18.3 Å². The maximum atomic E-state index is 12.3. The minimum Gasteiger partial charge on any atom is -0.342 e. The Hall–Kier alpha value is -2.45. The van der Waals surface area contributed by atoms with E-state index in [9.17, 15) is 4.79 Å². The summed E-state index contributed by atoms with van der Waals surface area (Å²) in [5.41, 5.74) is 1.99. The van der Waals surface area contributed by atoms with E-state index in [4.69, 9.17) is 0 Å². The predicted octanol–water partition coefficient (Wildman–Crippen LogP) is 2.54. The second-order valence-corrected chi connectivity index (χ2v) is 7.04. The Morgan fingerprint density at radius 2 is 2.04 bits per heavy atom. The van der Waals surface area contributed by atoms with Crippen LogP contribution in [0.5, 0.6) is 0 Å². The van der Waals surface area contributed by atoms with Gasteiger partial charge in [-0.3, -0.25) is 10.1 Å². The van der Waals surface area contributed by atoms with Crippen molar-refractivity contribution in [2.75, 3.05) is 18.4 Å². The van der Waals surface area contributed by atoms with Gasteiger partial charge in [-0.25, -0.2) is 9.67 Å². The largest absolute Gasteiger partial charge is 0.342 e. The number of H-pyrrole nitrogens is 1. The monoisotopic (exact) mass is 403 g/mol. The number of carbonyl (C=O) groups is 1. The Bertz CT molecular complexity index is 896. The molecule has 9 heteroatoms. The van der Waals surface area contributed by atoms with E-state index in [1.165, 1.54) is 0 Å². The number of aryl methyl sites for hydroxylation is 2. The van der Waals surface area contributed by atoms with Gasteiger partial charge in [0.1, 0.15) is 5.82 Å². The van der Waals surface area contributed by atoms with Crippen LogP contribution < -0.4 is 10.6 Å². The third-order valence-corrected chi connectivity index (χ3v) is 4.99. The number of hydrogen-bond donors (Lipinski definition) is 3. The lowest BCUT2D eigenvalue weighted by molar-refractivity contribution is -0.116. The molecule has 0 unspecified atom stereocenters. The van der Waals surface area contributed by atoms with Gasteiger partial charge < -0.3 is 10.3 Å². The summed E-state index contributed by atoms with van der Waals surface area (Å²) in [4.78, 5) is 24.7. The standard InChI is InChI=1S/C19H25N7O.ClH/c1-26-19(24-18(25-26)13-9-11-20-12-10-13)23-17(27)8-4-7-16-21-14-5-2-3-6-15(14)22-16;/h2-3,5-6,13,20H,4,7-12H2,1H3,(H,21,22)(H,23,24,25,27);1H. The average molecular weight is 404 g/mol. The SMILES string of the molecule is Cl.Cn1nc(C2CCNCC2)nc1NC(=O)CCCc1nc2ccccc2[nH]1. The van der Waals surface area contributed by atoms with Crippen LogP contribution in [-0.4, -0.2) is 43.7 Å². The molecule has 0 saturated carbocycles. The number of benzene rings is 1. The predicted molar refractivity (Wildman–Crippen MR) is 111 cm³/mol. The molecule has 0 spiro atoms. The number of aromatic amines is 1. The Morgan fingerprint density at radius 3 is 2.82 bits per heavy atom. The van der Waals surface area contributed by atoms with Crippen molar-refractivity contribution in [3.63, 3.8) is 0 Å². The fourth-order valence-corrected chi connectivity index (χ4v) is 3.49. The number of piperidine rings is 1. The molecule has 0 aliphatic carbocycles. The van der Waals surface area contributed by atoms with Gasteiger partial charge in [-0.2, -0.15) is 10.1 Å². The third-order valence-electron chi connectivity index (χ3n) is 4.99. The van der Waals surface area contributed by atoms with E-state index in [0.29, 0.717) is 18.3 Å². The van der Waals surface area contributed by atoms with E-state index in [1.54, 1.807) is 4.68 Å². The van der Waals surface area contributed by atoms with Crippen LogP contribution in [0.25, 0.3) is 11.0 Å². The van der Waals surface area contributed by atoms with Crippen molar-refractivity contribution in [3.8, 4) is 0 Å². The fourth-order valence-electron chi connectivity index (χ4n) is 3.49. The number of amides is 1. The van der Waals surface area contributed by atoms with Crippen molar-refractivity contribution in [1.29, 1.82) is 0 Å². The van der Waals surface area contributed by atoms with Crippen molar-refractivity contribution in [2.45, 2.75) is 38.0 Å². The van der Waals surface area contributed by atoms with Gasteiger partial charge in [0.15, 0.2) is 5.82 Å². The molecule has 1 amide bonds. The zero-order chi connectivity index (χ0) is 18.6. The summed E-state index contributed by atoms with van der Waals surface area (Å²) >= 11 is 0. The number of hydrogen-bond acceptors (Lipinski definition) is 5. The van der Waals surface area contributed by atoms with Crippen LogP contribution in [0.2, 0.25) is 0 Å². The van der Waals surface area contributed by atoms with Gasteiger partial charge in [0, 0.05) is 25.8 Å². The minimum atomic E-state index is -0.0431. The number of nitrogens with one attached hydrogen (secondary N) is 3. The molecule has 1 aromatic carbocycles. The van der Waals surface area contributed by atoms with E-state index in [-0.39, 0.29) is 18.3 Å². The van der Waals surface area contributed by atoms with Gasteiger partial charge >= 0.3 is 0 Å². The van der Waals surface area contributed by atoms with Crippen LogP contribution in [0.3, 0.4) is 0 Å². The molecule has 3 N–H and O–H groups in total. The maximum Gasteiger partial charge on any atom is 0.227 e. The molecule has 3 heterocycles. The number of carbonyl (C=O) groups excluding carboxylic acids is 1. The Balaban J connectivity index is 0.00000225. The minimum absolute atomic E-state index is 0. The second-order valence-electron chi connectivity index (χ2n) is 7.04. The van der Waals surface area contributed by atoms with E-state index in [1.807, 2.05) is 31.3 Å². The van der Waals surface area contributed by atoms with Gasteiger partial charge in [0.25, 0.3) is 0 Å². The summed E-state index contributed by atoms with van der Waals surface area (Å²) in [6.07, 6.45) is 3.96. The van der Waals surface area contributed by atoms with Crippen molar-refractivity contribution < 1.29 is 4.79 Å². The van der Waals surface area contributed by atoms with Crippen molar-refractivity contribution in [1.82, 2.24) is 30.0 Å². The molecule has 8 nitrogen and oxygen atoms in total. The topological polar surface area (TPSA) is 101 Å². The van der Waals surface area contributed by atoms with E-state index in [0.717, 1.165) is 61.5 Å². The molecule has 1 aliphatic heterocycles. The van der Waals surface area contributed by atoms with Gasteiger partial charge in [0.2, 0.25) is 11.9 Å². The van der Waals surface area contributed by atoms with Crippen molar-refractivity contribution in [2.24, 2.45) is 7.05 Å².